The van der Waals surface area contributed by atoms with Crippen LogP contribution in [0.3, 0.4) is 0 Å². The van der Waals surface area contributed by atoms with Gasteiger partial charge in [0.05, 0.1) is 30.3 Å². The molecule has 2 N–H and O–H groups in total. The number of fused-ring (bicyclic) bond motifs is 1. The van der Waals surface area contributed by atoms with Crippen LogP contribution >= 0.6 is 0 Å². The average Bonchev–Trinajstić information content (AvgIpc) is 2.58. The van der Waals surface area contributed by atoms with E-state index in [-0.39, 0.29) is 23.2 Å². The second-order valence-corrected chi connectivity index (χ2v) is 10.4. The van der Waals surface area contributed by atoms with Crippen molar-refractivity contribution in [3.05, 3.63) is 11.1 Å². The highest BCUT2D eigenvalue weighted by atomic mass is 16.5. The number of esters is 1. The monoisotopic (exact) mass is 390 g/mol. The molecular formula is C22H30O6. The van der Waals surface area contributed by atoms with Gasteiger partial charge in [0.15, 0.2) is 11.9 Å². The van der Waals surface area contributed by atoms with E-state index in [1.807, 2.05) is 13.8 Å². The topological polar surface area (TPSA) is 93.1 Å². The average molecular weight is 390 g/mol. The quantitative estimate of drug-likeness (QED) is 0.524. The Morgan fingerprint density at radius 3 is 2.50 bits per heavy atom. The molecule has 154 valence electrons. The van der Waals surface area contributed by atoms with Crippen molar-refractivity contribution in [1.29, 1.82) is 0 Å². The molecule has 5 aliphatic rings. The summed E-state index contributed by atoms with van der Waals surface area (Å²) < 4.78 is 11.4. The Balaban J connectivity index is 1.81. The standard InChI is InChI=1S/C22H30O6/c1-10-13(24)7-19(3)9-22-12-8-27-14(12)6-15(25)20(22,4)18(26)17(28-11(2)23)16(10)21(19,22)5/h12-15,17,24-25H,6-9H2,1-5H3/t12-,13+,14-,15+,17-,19+,20+,21+,22?/m1/s1. The number of hydrogen-bond donors (Lipinski definition) is 2. The summed E-state index contributed by atoms with van der Waals surface area (Å²) in [6.07, 6.45) is -0.738. The Bertz CT molecular complexity index is 833. The highest BCUT2D eigenvalue weighted by molar-refractivity contribution is 5.97. The molecule has 0 radical (unpaired) electrons. The molecule has 4 aliphatic carbocycles. The van der Waals surface area contributed by atoms with Crippen LogP contribution < -0.4 is 0 Å². The van der Waals surface area contributed by atoms with Crippen LogP contribution in [0.5, 0.6) is 0 Å². The summed E-state index contributed by atoms with van der Waals surface area (Å²) in [6.45, 7) is 9.99. The van der Waals surface area contributed by atoms with Crippen molar-refractivity contribution in [1.82, 2.24) is 0 Å². The molecule has 4 fully saturated rings. The number of Topliss-reactive ketones (excluding diaryl/α,β-unsaturated/α-hetero) is 1. The number of aliphatic hydroxyl groups is 2. The summed E-state index contributed by atoms with van der Waals surface area (Å²) in [4.78, 5) is 25.8. The largest absolute Gasteiger partial charge is 0.450 e. The third-order valence-corrected chi connectivity index (χ3v) is 9.79. The van der Waals surface area contributed by atoms with Gasteiger partial charge in [-0.1, -0.05) is 13.8 Å². The molecule has 1 spiro atoms. The molecule has 0 aromatic rings. The van der Waals surface area contributed by atoms with Gasteiger partial charge < -0.3 is 19.7 Å². The van der Waals surface area contributed by atoms with Gasteiger partial charge in [0.25, 0.3) is 0 Å². The lowest BCUT2D eigenvalue weighted by atomic mass is 9.20. The van der Waals surface area contributed by atoms with Gasteiger partial charge in [0.2, 0.25) is 0 Å². The summed E-state index contributed by atoms with van der Waals surface area (Å²) in [5, 5.41) is 22.0. The van der Waals surface area contributed by atoms with Crippen molar-refractivity contribution in [2.24, 2.45) is 27.6 Å². The van der Waals surface area contributed by atoms with Crippen LogP contribution in [0.2, 0.25) is 0 Å². The van der Waals surface area contributed by atoms with Crippen LogP contribution in [-0.4, -0.2) is 53.0 Å². The maximum absolute atomic E-state index is 13.9. The summed E-state index contributed by atoms with van der Waals surface area (Å²) in [7, 11) is 0. The minimum atomic E-state index is -1.04. The fourth-order valence-electron chi connectivity index (χ4n) is 8.29. The summed E-state index contributed by atoms with van der Waals surface area (Å²) >= 11 is 0. The molecule has 1 unspecified atom stereocenters. The van der Waals surface area contributed by atoms with Gasteiger partial charge in [-0.2, -0.15) is 0 Å². The maximum atomic E-state index is 13.9. The van der Waals surface area contributed by atoms with Crippen molar-refractivity contribution >= 4 is 11.8 Å². The van der Waals surface area contributed by atoms with Crippen molar-refractivity contribution in [2.75, 3.05) is 6.61 Å². The molecule has 1 saturated heterocycles. The first-order chi connectivity index (χ1) is 13.0. The minimum absolute atomic E-state index is 0.0315. The van der Waals surface area contributed by atoms with E-state index in [2.05, 4.69) is 13.8 Å². The molecule has 1 aliphatic heterocycles. The van der Waals surface area contributed by atoms with Crippen LogP contribution in [0.15, 0.2) is 11.1 Å². The van der Waals surface area contributed by atoms with Crippen LogP contribution in [0.25, 0.3) is 0 Å². The van der Waals surface area contributed by atoms with Gasteiger partial charge in [0.1, 0.15) is 0 Å². The predicted molar refractivity (Wildman–Crippen MR) is 99.1 cm³/mol. The van der Waals surface area contributed by atoms with E-state index in [1.54, 1.807) is 0 Å². The zero-order valence-electron chi connectivity index (χ0n) is 17.2. The third-order valence-electron chi connectivity index (χ3n) is 9.79. The summed E-state index contributed by atoms with van der Waals surface area (Å²) in [6, 6.07) is 0. The summed E-state index contributed by atoms with van der Waals surface area (Å²) in [5.41, 5.74) is -0.591. The summed E-state index contributed by atoms with van der Waals surface area (Å²) in [5.74, 6) is -0.544. The molecular weight excluding hydrogens is 360 g/mol. The molecule has 5 rings (SSSR count). The number of aliphatic hydroxyl groups excluding tert-OH is 2. The zero-order valence-corrected chi connectivity index (χ0v) is 17.2. The number of ketones is 1. The highest BCUT2D eigenvalue weighted by Gasteiger charge is 2.87. The van der Waals surface area contributed by atoms with Crippen LogP contribution in [0.4, 0.5) is 0 Å². The lowest BCUT2D eigenvalue weighted by Crippen LogP contribution is -2.86. The second-order valence-electron chi connectivity index (χ2n) is 10.4. The minimum Gasteiger partial charge on any atom is -0.450 e. The van der Waals surface area contributed by atoms with E-state index in [0.717, 1.165) is 17.6 Å². The lowest BCUT2D eigenvalue weighted by molar-refractivity contribution is -0.371. The van der Waals surface area contributed by atoms with E-state index in [0.29, 0.717) is 19.4 Å². The van der Waals surface area contributed by atoms with E-state index < -0.39 is 40.5 Å². The van der Waals surface area contributed by atoms with E-state index in [4.69, 9.17) is 9.47 Å². The molecule has 6 heteroatoms. The number of carbonyl (C=O) groups excluding carboxylic acids is 2. The third kappa shape index (κ3) is 1.59. The smallest absolute Gasteiger partial charge is 0.303 e. The fourth-order valence-corrected chi connectivity index (χ4v) is 8.29. The molecule has 0 aromatic carbocycles. The number of hydrogen-bond acceptors (Lipinski definition) is 6. The van der Waals surface area contributed by atoms with Gasteiger partial charge in [-0.25, -0.2) is 0 Å². The Morgan fingerprint density at radius 1 is 1.25 bits per heavy atom. The van der Waals surface area contributed by atoms with E-state index in [9.17, 15) is 19.8 Å². The molecule has 3 saturated carbocycles. The highest BCUT2D eigenvalue weighted by Crippen LogP contribution is 2.86. The maximum Gasteiger partial charge on any atom is 0.303 e. The SMILES string of the molecule is CC(=O)O[C@H]1C(=O)[C@]2(C)[C@@H](O)C[C@H]3OC[C@H]3C23C[C@]2(C)C[C@H](O)C(C)=C1[C@]32C. The van der Waals surface area contributed by atoms with Gasteiger partial charge >= 0.3 is 5.97 Å². The van der Waals surface area contributed by atoms with Crippen LogP contribution in [0, 0.1) is 27.6 Å². The van der Waals surface area contributed by atoms with Gasteiger partial charge in [0, 0.05) is 30.1 Å². The molecule has 9 atom stereocenters. The van der Waals surface area contributed by atoms with Crippen molar-refractivity contribution in [3.8, 4) is 0 Å². The van der Waals surface area contributed by atoms with E-state index in [1.165, 1.54) is 6.92 Å². The van der Waals surface area contributed by atoms with Crippen molar-refractivity contribution in [3.63, 3.8) is 0 Å². The van der Waals surface area contributed by atoms with Gasteiger partial charge in [-0.3, -0.25) is 9.59 Å². The number of rotatable bonds is 1. The number of ether oxygens (including phenoxy) is 2. The molecule has 0 amide bonds. The zero-order chi connectivity index (χ0) is 20.4. The Labute approximate surface area is 165 Å². The van der Waals surface area contributed by atoms with E-state index >= 15 is 0 Å². The van der Waals surface area contributed by atoms with Crippen LogP contribution in [-0.2, 0) is 19.1 Å². The fraction of sp³-hybridized carbons (Fsp3) is 0.818. The lowest BCUT2D eigenvalue weighted by Gasteiger charge is -2.84. The Morgan fingerprint density at radius 2 is 1.93 bits per heavy atom. The normalized spacial score (nSPS) is 56.7. The van der Waals surface area contributed by atoms with Crippen molar-refractivity contribution in [2.45, 2.75) is 78.3 Å². The Kier molecular flexibility index (Phi) is 3.40. The first kappa shape index (κ1) is 18.8. The van der Waals surface area contributed by atoms with Crippen molar-refractivity contribution < 1.29 is 29.3 Å². The second kappa shape index (κ2) is 5.08. The first-order valence-electron chi connectivity index (χ1n) is 10.4. The first-order valence-corrected chi connectivity index (χ1v) is 10.4. The number of carbonyl (C=O) groups is 2. The molecule has 1 heterocycles. The van der Waals surface area contributed by atoms with Crippen LogP contribution in [0.1, 0.15) is 53.9 Å². The molecule has 0 bridgehead atoms. The van der Waals surface area contributed by atoms with Gasteiger partial charge in [-0.05, 0) is 43.3 Å². The van der Waals surface area contributed by atoms with Gasteiger partial charge in [-0.15, -0.1) is 0 Å². The molecule has 6 nitrogen and oxygen atoms in total. The molecule has 0 aromatic heterocycles. The Hall–Kier alpha value is -1.24. The predicted octanol–water partition coefficient (Wildman–Crippen LogP) is 1.77. The molecule has 28 heavy (non-hydrogen) atoms.